The molecule has 0 spiro atoms. The first-order chi connectivity index (χ1) is 7.67. The van der Waals surface area contributed by atoms with E-state index in [-0.39, 0.29) is 12.4 Å². The van der Waals surface area contributed by atoms with E-state index in [4.69, 9.17) is 23.2 Å². The summed E-state index contributed by atoms with van der Waals surface area (Å²) in [7, 11) is 1.37. The molecule has 1 aromatic rings. The smallest absolute Gasteiger partial charge is 0.309 e. The van der Waals surface area contributed by atoms with Crippen LogP contribution in [0.15, 0.2) is 24.3 Å². The zero-order valence-corrected chi connectivity index (χ0v) is 10.4. The molecule has 0 radical (unpaired) electrons. The van der Waals surface area contributed by atoms with Gasteiger partial charge in [-0.1, -0.05) is 29.8 Å². The maximum absolute atomic E-state index is 10.9. The standard InChI is InChI=1S/C12H12Cl2O2/c1-16-12(15)4-2-3-9-5-6-11(14)10(7-9)8-13/h2-3,5-7H,4,8H2,1H3. The molecule has 86 valence electrons. The fourth-order valence-corrected chi connectivity index (χ4v) is 1.65. The fraction of sp³-hybridized carbons (Fsp3) is 0.250. The van der Waals surface area contributed by atoms with Crippen LogP contribution in [0.4, 0.5) is 0 Å². The minimum Gasteiger partial charge on any atom is -0.469 e. The number of esters is 1. The number of ether oxygens (including phenoxy) is 1. The molecule has 2 nitrogen and oxygen atoms in total. The lowest BCUT2D eigenvalue weighted by Crippen LogP contribution is -1.96. The molecule has 16 heavy (non-hydrogen) atoms. The Hall–Kier alpha value is -0.990. The number of hydrogen-bond donors (Lipinski definition) is 0. The van der Waals surface area contributed by atoms with E-state index in [0.29, 0.717) is 10.9 Å². The summed E-state index contributed by atoms with van der Waals surface area (Å²) in [6, 6.07) is 5.55. The molecule has 0 saturated heterocycles. The van der Waals surface area contributed by atoms with Gasteiger partial charge in [-0.15, -0.1) is 11.6 Å². The molecule has 0 unspecified atom stereocenters. The number of methoxy groups -OCH3 is 1. The molecule has 0 N–H and O–H groups in total. The molecule has 0 bridgehead atoms. The van der Waals surface area contributed by atoms with Crippen molar-refractivity contribution >= 4 is 35.2 Å². The molecule has 0 aliphatic heterocycles. The lowest BCUT2D eigenvalue weighted by Gasteiger charge is -2.01. The van der Waals surface area contributed by atoms with Crippen LogP contribution in [0.2, 0.25) is 5.02 Å². The number of benzene rings is 1. The van der Waals surface area contributed by atoms with Crippen LogP contribution in [0, 0.1) is 0 Å². The van der Waals surface area contributed by atoms with Crippen molar-refractivity contribution in [2.75, 3.05) is 7.11 Å². The van der Waals surface area contributed by atoms with E-state index in [1.165, 1.54) is 7.11 Å². The summed E-state index contributed by atoms with van der Waals surface area (Å²) in [4.78, 5) is 10.9. The molecule has 0 atom stereocenters. The summed E-state index contributed by atoms with van der Waals surface area (Å²) in [5.74, 6) is 0.111. The Morgan fingerprint density at radius 1 is 1.50 bits per heavy atom. The van der Waals surface area contributed by atoms with Gasteiger partial charge in [0.2, 0.25) is 0 Å². The highest BCUT2D eigenvalue weighted by Crippen LogP contribution is 2.20. The number of carbonyl (C=O) groups excluding carboxylic acids is 1. The van der Waals surface area contributed by atoms with Crippen LogP contribution in [-0.4, -0.2) is 13.1 Å². The monoisotopic (exact) mass is 258 g/mol. The summed E-state index contributed by atoms with van der Waals surface area (Å²) < 4.78 is 4.52. The summed E-state index contributed by atoms with van der Waals surface area (Å²) in [6.45, 7) is 0. The van der Waals surface area contributed by atoms with Gasteiger partial charge in [0.25, 0.3) is 0 Å². The minimum atomic E-state index is -0.261. The third-order valence-electron chi connectivity index (χ3n) is 2.04. The Bertz CT molecular complexity index is 400. The van der Waals surface area contributed by atoms with Crippen molar-refractivity contribution in [1.82, 2.24) is 0 Å². The SMILES string of the molecule is COC(=O)CC=Cc1ccc(Cl)c(CCl)c1. The summed E-state index contributed by atoms with van der Waals surface area (Å²) >= 11 is 11.6. The van der Waals surface area contributed by atoms with Crippen LogP contribution in [0.25, 0.3) is 6.08 Å². The van der Waals surface area contributed by atoms with Crippen molar-refractivity contribution in [3.8, 4) is 0 Å². The first-order valence-corrected chi connectivity index (χ1v) is 5.66. The van der Waals surface area contributed by atoms with Crippen molar-refractivity contribution in [2.45, 2.75) is 12.3 Å². The number of hydrogen-bond acceptors (Lipinski definition) is 2. The average molecular weight is 259 g/mol. The van der Waals surface area contributed by atoms with Crippen molar-refractivity contribution in [2.24, 2.45) is 0 Å². The quantitative estimate of drug-likeness (QED) is 0.609. The predicted octanol–water partition coefficient (Wildman–Crippen LogP) is 3.66. The van der Waals surface area contributed by atoms with E-state index in [2.05, 4.69) is 4.74 Å². The number of rotatable bonds is 4. The first kappa shape index (κ1) is 13.1. The van der Waals surface area contributed by atoms with E-state index >= 15 is 0 Å². The van der Waals surface area contributed by atoms with Gasteiger partial charge in [0, 0.05) is 10.9 Å². The van der Waals surface area contributed by atoms with E-state index < -0.39 is 0 Å². The third-order valence-corrected chi connectivity index (χ3v) is 2.69. The third kappa shape index (κ3) is 3.87. The van der Waals surface area contributed by atoms with E-state index in [1.807, 2.05) is 18.2 Å². The van der Waals surface area contributed by atoms with Crippen molar-refractivity contribution in [1.29, 1.82) is 0 Å². The molecular weight excluding hydrogens is 247 g/mol. The van der Waals surface area contributed by atoms with Crippen molar-refractivity contribution in [3.05, 3.63) is 40.4 Å². The van der Waals surface area contributed by atoms with Gasteiger partial charge < -0.3 is 4.74 Å². The number of alkyl halides is 1. The van der Waals surface area contributed by atoms with Gasteiger partial charge in [0.05, 0.1) is 13.5 Å². The van der Waals surface area contributed by atoms with Gasteiger partial charge in [-0.25, -0.2) is 0 Å². The predicted molar refractivity (Wildman–Crippen MR) is 66.7 cm³/mol. The maximum atomic E-state index is 10.9. The molecule has 0 aliphatic carbocycles. The largest absolute Gasteiger partial charge is 0.469 e. The van der Waals surface area contributed by atoms with Gasteiger partial charge in [0.1, 0.15) is 0 Å². The molecule has 0 aliphatic rings. The molecule has 1 rings (SSSR count). The Balaban J connectivity index is 2.70. The van der Waals surface area contributed by atoms with Crippen LogP contribution in [-0.2, 0) is 15.4 Å². The lowest BCUT2D eigenvalue weighted by molar-refractivity contribution is -0.139. The van der Waals surface area contributed by atoms with Crippen LogP contribution in [0.5, 0.6) is 0 Å². The number of halogens is 2. The summed E-state index contributed by atoms with van der Waals surface area (Å²) in [5.41, 5.74) is 1.84. The zero-order valence-electron chi connectivity index (χ0n) is 8.87. The van der Waals surface area contributed by atoms with Gasteiger partial charge in [-0.2, -0.15) is 0 Å². The van der Waals surface area contributed by atoms with Crippen LogP contribution < -0.4 is 0 Å². The van der Waals surface area contributed by atoms with Crippen molar-refractivity contribution < 1.29 is 9.53 Å². The topological polar surface area (TPSA) is 26.3 Å². The highest BCUT2D eigenvalue weighted by Gasteiger charge is 1.99. The number of carbonyl (C=O) groups is 1. The zero-order chi connectivity index (χ0) is 12.0. The normalized spacial score (nSPS) is 10.7. The fourth-order valence-electron chi connectivity index (χ4n) is 1.18. The lowest BCUT2D eigenvalue weighted by atomic mass is 10.1. The van der Waals surface area contributed by atoms with Gasteiger partial charge in [0.15, 0.2) is 0 Å². The summed E-state index contributed by atoms with van der Waals surface area (Å²) in [5, 5.41) is 0.653. The molecule has 0 fully saturated rings. The molecule has 0 aromatic heterocycles. The Kier molecular flexibility index (Phi) is 5.36. The Labute approximate surface area is 105 Å². The van der Waals surface area contributed by atoms with Crippen LogP contribution in [0.1, 0.15) is 17.5 Å². The van der Waals surface area contributed by atoms with Gasteiger partial charge in [-0.05, 0) is 23.3 Å². The molecule has 0 heterocycles. The highest BCUT2D eigenvalue weighted by molar-refractivity contribution is 6.32. The highest BCUT2D eigenvalue weighted by atomic mass is 35.5. The van der Waals surface area contributed by atoms with Crippen molar-refractivity contribution in [3.63, 3.8) is 0 Å². The average Bonchev–Trinajstić information content (AvgIpc) is 2.31. The van der Waals surface area contributed by atoms with Crippen LogP contribution >= 0.6 is 23.2 Å². The van der Waals surface area contributed by atoms with Gasteiger partial charge in [-0.3, -0.25) is 4.79 Å². The molecule has 1 aromatic carbocycles. The van der Waals surface area contributed by atoms with Gasteiger partial charge >= 0.3 is 5.97 Å². The Morgan fingerprint density at radius 2 is 2.25 bits per heavy atom. The molecule has 4 heteroatoms. The van der Waals surface area contributed by atoms with E-state index in [9.17, 15) is 4.79 Å². The molecular formula is C12H12Cl2O2. The summed E-state index contributed by atoms with van der Waals surface area (Å²) in [6.07, 6.45) is 3.84. The molecule has 0 saturated carbocycles. The van der Waals surface area contributed by atoms with E-state index in [1.54, 1.807) is 12.1 Å². The first-order valence-electron chi connectivity index (χ1n) is 4.75. The van der Waals surface area contributed by atoms with E-state index in [0.717, 1.165) is 11.1 Å². The minimum absolute atomic E-state index is 0.259. The second-order valence-corrected chi connectivity index (χ2v) is 3.84. The van der Waals surface area contributed by atoms with Crippen LogP contribution in [0.3, 0.4) is 0 Å². The Morgan fingerprint density at radius 3 is 2.88 bits per heavy atom. The maximum Gasteiger partial charge on any atom is 0.309 e. The second-order valence-electron chi connectivity index (χ2n) is 3.17. The molecule has 0 amide bonds. The second kappa shape index (κ2) is 6.56.